The van der Waals surface area contributed by atoms with Gasteiger partial charge in [-0.25, -0.2) is 0 Å². The van der Waals surface area contributed by atoms with Crippen LogP contribution in [-0.4, -0.2) is 0 Å². The van der Waals surface area contributed by atoms with E-state index in [0.717, 1.165) is 61.3 Å². The molecule has 0 amide bonds. The zero-order valence-electron chi connectivity index (χ0n) is 40.0. The summed E-state index contributed by atoms with van der Waals surface area (Å²) in [5.41, 5.74) is 27.1. The summed E-state index contributed by atoms with van der Waals surface area (Å²) in [7, 11) is 0. The second-order valence-electron chi connectivity index (χ2n) is 20.3. The number of anilines is 3. The van der Waals surface area contributed by atoms with E-state index in [0.29, 0.717) is 0 Å². The molecule has 1 heterocycles. The van der Waals surface area contributed by atoms with E-state index in [-0.39, 0.29) is 5.41 Å². The molecule has 12 aromatic rings. The van der Waals surface area contributed by atoms with Crippen LogP contribution < -0.4 is 4.90 Å². The Labute approximate surface area is 419 Å². The lowest BCUT2D eigenvalue weighted by Crippen LogP contribution is -2.25. The molecule has 0 fully saturated rings. The van der Waals surface area contributed by atoms with Crippen LogP contribution in [0.1, 0.15) is 47.2 Å². The van der Waals surface area contributed by atoms with E-state index in [1.54, 1.807) is 0 Å². The predicted octanol–water partition coefficient (Wildman–Crippen LogP) is 18.7. The van der Waals surface area contributed by atoms with E-state index < -0.39 is 5.41 Å². The van der Waals surface area contributed by atoms with Crippen molar-refractivity contribution in [1.29, 1.82) is 0 Å². The third-order valence-corrected chi connectivity index (χ3v) is 16.3. The Morgan fingerprint density at radius 1 is 0.292 bits per heavy atom. The summed E-state index contributed by atoms with van der Waals surface area (Å²) in [5, 5.41) is 2.23. The van der Waals surface area contributed by atoms with Crippen LogP contribution in [0.25, 0.3) is 88.7 Å². The normalized spacial score (nSPS) is 13.9. The number of nitrogens with zero attached hydrogens (tertiary/aromatic N) is 1. The predicted molar refractivity (Wildman–Crippen MR) is 299 cm³/mol. The molecule has 338 valence electrons. The Balaban J connectivity index is 0.987. The Morgan fingerprint density at radius 3 is 1.54 bits per heavy atom. The maximum Gasteiger partial charge on any atom is 0.143 e. The Hall–Kier alpha value is -8.98. The largest absolute Gasteiger partial charge is 0.455 e. The number of hydrogen-bond acceptors (Lipinski definition) is 2. The van der Waals surface area contributed by atoms with Crippen molar-refractivity contribution in [2.75, 3.05) is 4.90 Å². The van der Waals surface area contributed by atoms with Crippen LogP contribution in [0, 0.1) is 0 Å². The van der Waals surface area contributed by atoms with Crippen molar-refractivity contribution in [3.63, 3.8) is 0 Å². The van der Waals surface area contributed by atoms with Crippen LogP contribution in [0.3, 0.4) is 0 Å². The van der Waals surface area contributed by atoms with Crippen molar-refractivity contribution in [3.8, 4) is 66.8 Å². The highest BCUT2D eigenvalue weighted by molar-refractivity contribution is 6.11. The Bertz CT molecular complexity index is 4160. The number of fused-ring (bicyclic) bond motifs is 16. The highest BCUT2D eigenvalue weighted by atomic mass is 16.3. The van der Waals surface area contributed by atoms with Gasteiger partial charge in [0.2, 0.25) is 0 Å². The van der Waals surface area contributed by atoms with E-state index >= 15 is 0 Å². The number of benzene rings is 11. The highest BCUT2D eigenvalue weighted by Crippen LogP contribution is 2.63. The number of furan rings is 1. The first-order valence-corrected chi connectivity index (χ1v) is 25.2. The molecule has 2 nitrogen and oxygen atoms in total. The zero-order chi connectivity index (χ0) is 47.7. The summed E-state index contributed by atoms with van der Waals surface area (Å²) in [5.74, 6) is 0. The molecule has 11 aromatic carbocycles. The summed E-state index contributed by atoms with van der Waals surface area (Å²) in [6.07, 6.45) is 0. The highest BCUT2D eigenvalue weighted by Gasteiger charge is 2.51. The molecule has 0 bridgehead atoms. The van der Waals surface area contributed by atoms with Gasteiger partial charge in [-0.1, -0.05) is 214 Å². The van der Waals surface area contributed by atoms with Gasteiger partial charge < -0.3 is 9.32 Å². The van der Waals surface area contributed by atoms with Crippen molar-refractivity contribution in [3.05, 3.63) is 282 Å². The van der Waals surface area contributed by atoms with Gasteiger partial charge in [-0.15, -0.1) is 0 Å². The summed E-state index contributed by atoms with van der Waals surface area (Å²) in [6.45, 7) is 4.73. The number of hydrogen-bond donors (Lipinski definition) is 0. The fraction of sp³-hybridized carbons (Fsp3) is 0.0571. The van der Waals surface area contributed by atoms with Gasteiger partial charge in [-0.3, -0.25) is 0 Å². The molecule has 0 N–H and O–H groups in total. The van der Waals surface area contributed by atoms with Gasteiger partial charge in [-0.2, -0.15) is 0 Å². The average molecular weight is 918 g/mol. The van der Waals surface area contributed by atoms with Gasteiger partial charge in [0, 0.05) is 38.8 Å². The van der Waals surface area contributed by atoms with Gasteiger partial charge in [0.05, 0.1) is 5.41 Å². The van der Waals surface area contributed by atoms with Crippen LogP contribution >= 0.6 is 0 Å². The summed E-state index contributed by atoms with van der Waals surface area (Å²) in [6, 6.07) is 92.3. The Morgan fingerprint density at radius 2 is 0.806 bits per heavy atom. The molecular formula is C70H47NO. The molecule has 0 atom stereocenters. The second-order valence-corrected chi connectivity index (χ2v) is 20.3. The van der Waals surface area contributed by atoms with E-state index in [1.807, 2.05) is 0 Å². The summed E-state index contributed by atoms with van der Waals surface area (Å²) < 4.78 is 6.83. The molecular weight excluding hydrogens is 871 g/mol. The monoisotopic (exact) mass is 917 g/mol. The second kappa shape index (κ2) is 15.3. The third-order valence-electron chi connectivity index (χ3n) is 16.3. The Kier molecular flexibility index (Phi) is 8.66. The van der Waals surface area contributed by atoms with E-state index in [4.69, 9.17) is 4.42 Å². The molecule has 0 radical (unpaired) electrons. The van der Waals surface area contributed by atoms with Gasteiger partial charge in [0.25, 0.3) is 0 Å². The molecule has 1 aromatic heterocycles. The van der Waals surface area contributed by atoms with Crippen molar-refractivity contribution < 1.29 is 4.42 Å². The van der Waals surface area contributed by atoms with Crippen LogP contribution in [0.15, 0.2) is 253 Å². The van der Waals surface area contributed by atoms with Gasteiger partial charge in [0.15, 0.2) is 0 Å². The molecule has 0 saturated carbocycles. The lowest BCUT2D eigenvalue weighted by atomic mass is 9.70. The molecule has 0 unspecified atom stereocenters. The van der Waals surface area contributed by atoms with E-state index in [1.165, 1.54) is 77.9 Å². The minimum absolute atomic E-state index is 0.168. The fourth-order valence-electron chi connectivity index (χ4n) is 13.1. The van der Waals surface area contributed by atoms with Crippen LogP contribution in [-0.2, 0) is 10.8 Å². The SMILES string of the molecule is CC1(C)c2ccccc2-c2ccc(N(c3cccc(-c4ccccc4)c3)c3ccc(-c4cccc5c4oc4ccccc45)c(-c4ccc5c(c4)-c4ccccc4C54c5ccccc5-c5ccccc54)c3)cc21. The quantitative estimate of drug-likeness (QED) is 0.165. The van der Waals surface area contributed by atoms with Crippen LogP contribution in [0.4, 0.5) is 17.1 Å². The maximum atomic E-state index is 6.83. The van der Waals surface area contributed by atoms with Crippen molar-refractivity contribution >= 4 is 39.0 Å². The molecule has 0 aliphatic heterocycles. The van der Waals surface area contributed by atoms with Crippen LogP contribution in [0.5, 0.6) is 0 Å². The minimum atomic E-state index is -0.427. The topological polar surface area (TPSA) is 16.4 Å². The van der Waals surface area contributed by atoms with Crippen molar-refractivity contribution in [2.45, 2.75) is 24.7 Å². The first-order valence-electron chi connectivity index (χ1n) is 25.2. The maximum absolute atomic E-state index is 6.83. The molecule has 2 heteroatoms. The molecule has 1 spiro atoms. The summed E-state index contributed by atoms with van der Waals surface area (Å²) in [4.78, 5) is 2.46. The van der Waals surface area contributed by atoms with Gasteiger partial charge >= 0.3 is 0 Å². The minimum Gasteiger partial charge on any atom is -0.455 e. The fourth-order valence-corrected chi connectivity index (χ4v) is 13.1. The molecule has 0 saturated heterocycles. The first-order chi connectivity index (χ1) is 35.5. The van der Waals surface area contributed by atoms with Gasteiger partial charge in [-0.05, 0) is 143 Å². The number of para-hydroxylation sites is 2. The number of rotatable bonds is 6. The van der Waals surface area contributed by atoms with Crippen molar-refractivity contribution in [2.24, 2.45) is 0 Å². The zero-order valence-corrected chi connectivity index (χ0v) is 40.0. The van der Waals surface area contributed by atoms with Crippen molar-refractivity contribution in [1.82, 2.24) is 0 Å². The smallest absolute Gasteiger partial charge is 0.143 e. The molecule has 72 heavy (non-hydrogen) atoms. The van der Waals surface area contributed by atoms with E-state index in [2.05, 4.69) is 267 Å². The van der Waals surface area contributed by atoms with E-state index in [9.17, 15) is 0 Å². The lowest BCUT2D eigenvalue weighted by molar-refractivity contribution is 0.660. The van der Waals surface area contributed by atoms with Gasteiger partial charge in [0.1, 0.15) is 11.2 Å². The molecule has 3 aliphatic rings. The first kappa shape index (κ1) is 40.9. The average Bonchev–Trinajstić information content (AvgIpc) is 4.13. The standard InChI is InChI=1S/C70H47NO/c1-69(2)61-29-11-6-22-51(61)55-38-36-49(43-66(55)69)71(47-21-16-20-45(40-47)44-18-4-3-5-19-44)48-35-37-50(57-27-17-28-58-56-26-10-15-33-67(56)72-68(57)58)59(42-48)46-34-39-65-60(41-46)54-25-9-14-32-64(54)70(65)62-30-12-7-23-52(62)53-24-8-13-31-63(53)70/h3-43H,1-2H3. The molecule has 3 aliphatic carbocycles. The molecule has 15 rings (SSSR count). The summed E-state index contributed by atoms with van der Waals surface area (Å²) >= 11 is 0. The van der Waals surface area contributed by atoms with Crippen LogP contribution in [0.2, 0.25) is 0 Å². The lowest BCUT2D eigenvalue weighted by Gasteiger charge is -2.30. The third kappa shape index (κ3) is 5.66.